The normalized spacial score (nSPS) is 12.1. The van der Waals surface area contributed by atoms with Crippen molar-refractivity contribution in [2.75, 3.05) is 17.3 Å². The quantitative estimate of drug-likeness (QED) is 0.397. The Morgan fingerprint density at radius 2 is 1.74 bits per heavy atom. The highest BCUT2D eigenvalue weighted by Gasteiger charge is 2.22. The number of H-pyrrole nitrogens is 1. The summed E-state index contributed by atoms with van der Waals surface area (Å²) in [6, 6.07) is 13.2. The minimum absolute atomic E-state index is 0.0248. The fourth-order valence-electron chi connectivity index (χ4n) is 3.77. The van der Waals surface area contributed by atoms with E-state index in [-0.39, 0.29) is 22.6 Å². The van der Waals surface area contributed by atoms with Crippen LogP contribution in [0.4, 0.5) is 24.7 Å². The van der Waals surface area contributed by atoms with Crippen LogP contribution >= 0.6 is 0 Å². The van der Waals surface area contributed by atoms with Crippen LogP contribution in [0.1, 0.15) is 46.7 Å². The Hall–Kier alpha value is -4.21. The van der Waals surface area contributed by atoms with E-state index >= 15 is 0 Å². The number of hydrogen-bond acceptors (Lipinski definition) is 5. The first-order valence-corrected chi connectivity index (χ1v) is 10.7. The van der Waals surface area contributed by atoms with Crippen LogP contribution in [0.5, 0.6) is 0 Å². The molecule has 0 bridgehead atoms. The molecular weight excluding hydrogens is 459 g/mol. The summed E-state index contributed by atoms with van der Waals surface area (Å²) in [6.07, 6.45) is -2.95. The van der Waals surface area contributed by atoms with E-state index in [9.17, 15) is 22.8 Å². The van der Waals surface area contributed by atoms with Crippen LogP contribution < -0.4 is 15.8 Å². The second-order valence-corrected chi connectivity index (χ2v) is 8.01. The van der Waals surface area contributed by atoms with Gasteiger partial charge < -0.3 is 15.2 Å². The third-order valence-electron chi connectivity index (χ3n) is 5.61. The standard InChI is InChI=1S/C25H22F3N5O2/c1-13(16-10-7-11-17(20(16)26)21(27)28)29-22-18-12-19(24(34)32-23(18)31-14(2)30-22)25(35)33(3)15-8-5-4-6-9-15/h4-13,21H,1-3H3,(H2,29,30,31,32,34)/t13-/m1/s1. The number of carbonyl (C=O) groups excluding carboxylic acids is 1. The van der Waals surface area contributed by atoms with Crippen LogP contribution in [0.3, 0.4) is 0 Å². The lowest BCUT2D eigenvalue weighted by Crippen LogP contribution is -2.31. The number of nitrogens with zero attached hydrogens (tertiary/aromatic N) is 3. The zero-order valence-corrected chi connectivity index (χ0v) is 19.1. The van der Waals surface area contributed by atoms with Crippen LogP contribution in [-0.4, -0.2) is 27.9 Å². The van der Waals surface area contributed by atoms with E-state index in [1.54, 1.807) is 45.2 Å². The van der Waals surface area contributed by atoms with Gasteiger partial charge in [0.05, 0.1) is 17.0 Å². The molecule has 7 nitrogen and oxygen atoms in total. The maximum atomic E-state index is 14.7. The first-order chi connectivity index (χ1) is 16.7. The van der Waals surface area contributed by atoms with Crippen LogP contribution in [0.15, 0.2) is 59.4 Å². The van der Waals surface area contributed by atoms with Gasteiger partial charge in [0.1, 0.15) is 28.7 Å². The lowest BCUT2D eigenvalue weighted by molar-refractivity contribution is 0.0991. The van der Waals surface area contributed by atoms with Crippen molar-refractivity contribution in [2.24, 2.45) is 0 Å². The van der Waals surface area contributed by atoms with Gasteiger partial charge in [-0.25, -0.2) is 23.1 Å². The molecule has 0 unspecified atom stereocenters. The van der Waals surface area contributed by atoms with Gasteiger partial charge in [-0.2, -0.15) is 0 Å². The van der Waals surface area contributed by atoms with Gasteiger partial charge in [-0.3, -0.25) is 9.59 Å². The number of aromatic nitrogens is 3. The highest BCUT2D eigenvalue weighted by atomic mass is 19.3. The SMILES string of the molecule is Cc1nc(N[C@H](C)c2cccc(C(F)F)c2F)c2cc(C(=O)N(C)c3ccccc3)c(=O)[nH]c2n1. The predicted octanol–water partition coefficient (Wildman–Crippen LogP) is 5.15. The van der Waals surface area contributed by atoms with Crippen LogP contribution in [0.25, 0.3) is 11.0 Å². The lowest BCUT2D eigenvalue weighted by atomic mass is 10.0. The first-order valence-electron chi connectivity index (χ1n) is 10.7. The Balaban J connectivity index is 1.76. The van der Waals surface area contributed by atoms with Gasteiger partial charge in [-0.05, 0) is 32.0 Å². The second-order valence-electron chi connectivity index (χ2n) is 8.01. The number of para-hydroxylation sites is 1. The second kappa shape index (κ2) is 9.57. The van der Waals surface area contributed by atoms with Crippen molar-refractivity contribution in [3.63, 3.8) is 0 Å². The Bertz CT molecular complexity index is 1460. The fraction of sp³-hybridized carbons (Fsp3) is 0.200. The summed E-state index contributed by atoms with van der Waals surface area (Å²) in [5.41, 5.74) is -0.662. The zero-order chi connectivity index (χ0) is 25.3. The van der Waals surface area contributed by atoms with Crippen LogP contribution in [-0.2, 0) is 0 Å². The fourth-order valence-corrected chi connectivity index (χ4v) is 3.77. The number of aryl methyl sites for hydroxylation is 1. The molecule has 2 aromatic heterocycles. The molecule has 0 spiro atoms. The molecule has 1 amide bonds. The molecule has 10 heteroatoms. The average molecular weight is 481 g/mol. The van der Waals surface area contributed by atoms with Crippen molar-refractivity contribution in [3.05, 3.63) is 93.3 Å². The molecule has 180 valence electrons. The highest BCUT2D eigenvalue weighted by Crippen LogP contribution is 2.30. The molecule has 0 aliphatic carbocycles. The molecule has 0 aliphatic heterocycles. The van der Waals surface area contributed by atoms with Gasteiger partial charge in [0, 0.05) is 18.3 Å². The maximum absolute atomic E-state index is 14.7. The molecular formula is C25H22F3N5O2. The smallest absolute Gasteiger partial charge is 0.266 e. The van der Waals surface area contributed by atoms with Crippen molar-refractivity contribution >= 4 is 28.4 Å². The summed E-state index contributed by atoms with van der Waals surface area (Å²) < 4.78 is 41.0. The number of anilines is 2. The summed E-state index contributed by atoms with van der Waals surface area (Å²) in [5.74, 6) is -1.03. The Morgan fingerprint density at radius 1 is 1.06 bits per heavy atom. The lowest BCUT2D eigenvalue weighted by Gasteiger charge is -2.19. The number of carbonyl (C=O) groups is 1. The minimum Gasteiger partial charge on any atom is -0.363 e. The summed E-state index contributed by atoms with van der Waals surface area (Å²) in [6.45, 7) is 3.20. The van der Waals surface area contributed by atoms with Gasteiger partial charge in [-0.15, -0.1) is 0 Å². The summed E-state index contributed by atoms with van der Waals surface area (Å²) in [7, 11) is 1.55. The van der Waals surface area contributed by atoms with Crippen LogP contribution in [0.2, 0.25) is 0 Å². The van der Waals surface area contributed by atoms with E-state index in [2.05, 4.69) is 20.3 Å². The molecule has 2 N–H and O–H groups in total. The van der Waals surface area contributed by atoms with Crippen molar-refractivity contribution in [1.82, 2.24) is 15.0 Å². The number of nitrogens with one attached hydrogen (secondary N) is 2. The number of benzene rings is 2. The number of pyridine rings is 1. The van der Waals surface area contributed by atoms with Gasteiger partial charge in [0.25, 0.3) is 17.9 Å². The zero-order valence-electron chi connectivity index (χ0n) is 19.1. The summed E-state index contributed by atoms with van der Waals surface area (Å²) in [4.78, 5) is 38.3. The van der Waals surface area contributed by atoms with Crippen molar-refractivity contribution in [3.8, 4) is 0 Å². The number of alkyl halides is 2. The average Bonchev–Trinajstić information content (AvgIpc) is 2.83. The molecule has 0 saturated carbocycles. The monoisotopic (exact) mass is 481 g/mol. The molecule has 2 aromatic carbocycles. The molecule has 4 aromatic rings. The van der Waals surface area contributed by atoms with Gasteiger partial charge in [-0.1, -0.05) is 36.4 Å². The molecule has 0 saturated heterocycles. The van der Waals surface area contributed by atoms with Crippen molar-refractivity contribution in [2.45, 2.75) is 26.3 Å². The first kappa shape index (κ1) is 23.9. The third-order valence-corrected chi connectivity index (χ3v) is 5.61. The van der Waals surface area contributed by atoms with Gasteiger partial charge in [0.15, 0.2) is 0 Å². The molecule has 0 fully saturated rings. The van der Waals surface area contributed by atoms with E-state index in [1.165, 1.54) is 23.1 Å². The minimum atomic E-state index is -2.95. The molecule has 4 rings (SSSR count). The third kappa shape index (κ3) is 4.72. The number of amides is 1. The largest absolute Gasteiger partial charge is 0.363 e. The number of rotatable bonds is 6. The van der Waals surface area contributed by atoms with E-state index in [1.807, 2.05) is 6.07 Å². The predicted molar refractivity (Wildman–Crippen MR) is 127 cm³/mol. The van der Waals surface area contributed by atoms with Gasteiger partial charge in [0.2, 0.25) is 0 Å². The molecule has 1 atom stereocenters. The van der Waals surface area contributed by atoms with E-state index < -0.39 is 35.3 Å². The van der Waals surface area contributed by atoms with Crippen LogP contribution in [0, 0.1) is 12.7 Å². The molecule has 0 aliphatic rings. The van der Waals surface area contributed by atoms with E-state index in [4.69, 9.17) is 0 Å². The van der Waals surface area contributed by atoms with E-state index in [0.717, 1.165) is 6.07 Å². The summed E-state index contributed by atoms with van der Waals surface area (Å²) >= 11 is 0. The Morgan fingerprint density at radius 3 is 2.43 bits per heavy atom. The maximum Gasteiger partial charge on any atom is 0.266 e. The topological polar surface area (TPSA) is 91.0 Å². The number of fused-ring (bicyclic) bond motifs is 1. The molecule has 2 heterocycles. The number of halogens is 3. The molecule has 35 heavy (non-hydrogen) atoms. The Kier molecular flexibility index (Phi) is 6.54. The number of aromatic amines is 1. The van der Waals surface area contributed by atoms with Crippen molar-refractivity contribution < 1.29 is 18.0 Å². The van der Waals surface area contributed by atoms with Gasteiger partial charge >= 0.3 is 0 Å². The molecule has 0 radical (unpaired) electrons. The number of hydrogen-bond donors (Lipinski definition) is 2. The van der Waals surface area contributed by atoms with E-state index in [0.29, 0.717) is 16.9 Å². The Labute approximate surface area is 198 Å². The summed E-state index contributed by atoms with van der Waals surface area (Å²) in [5, 5.41) is 3.33. The highest BCUT2D eigenvalue weighted by molar-refractivity contribution is 6.07. The van der Waals surface area contributed by atoms with Crippen molar-refractivity contribution in [1.29, 1.82) is 0 Å².